The zero-order chi connectivity index (χ0) is 15.7. The number of pyridine rings is 2. The fourth-order valence-electron chi connectivity index (χ4n) is 2.27. The van der Waals surface area contributed by atoms with Gasteiger partial charge in [0.1, 0.15) is 16.5 Å². The minimum atomic E-state index is -1.05. The molecule has 0 saturated carbocycles. The van der Waals surface area contributed by atoms with Crippen molar-refractivity contribution >= 4 is 40.0 Å². The van der Waals surface area contributed by atoms with Crippen molar-refractivity contribution in [3.8, 4) is 0 Å². The molecule has 2 aromatic heterocycles. The lowest BCUT2D eigenvalue weighted by atomic mass is 10.1. The molecule has 5 nitrogen and oxygen atoms in total. The molecule has 6 heteroatoms. The molecule has 0 fully saturated rings. The van der Waals surface area contributed by atoms with Gasteiger partial charge in [-0.15, -0.1) is 0 Å². The van der Waals surface area contributed by atoms with Crippen molar-refractivity contribution in [2.45, 2.75) is 6.92 Å². The number of carboxylic acids is 1. The number of fused-ring (bicyclic) bond motifs is 1. The van der Waals surface area contributed by atoms with Gasteiger partial charge in [0.05, 0.1) is 11.2 Å². The fourth-order valence-corrected chi connectivity index (χ4v) is 2.46. The molecule has 0 bridgehead atoms. The number of carbonyl (C=O) groups is 1. The number of halogens is 1. The molecule has 2 heterocycles. The number of rotatable bonds is 3. The Balaban J connectivity index is 2.16. The number of aromatic nitrogens is 2. The number of nitrogens with zero attached hydrogens (tertiary/aromatic N) is 2. The molecule has 0 saturated heterocycles. The van der Waals surface area contributed by atoms with Gasteiger partial charge < -0.3 is 10.4 Å². The largest absolute Gasteiger partial charge is 0.478 e. The summed E-state index contributed by atoms with van der Waals surface area (Å²) in [5, 5.41) is 13.5. The third-order valence-electron chi connectivity index (χ3n) is 3.30. The van der Waals surface area contributed by atoms with Crippen molar-refractivity contribution < 1.29 is 9.90 Å². The lowest BCUT2D eigenvalue weighted by Crippen LogP contribution is -2.05. The van der Waals surface area contributed by atoms with E-state index in [4.69, 9.17) is 11.6 Å². The van der Waals surface area contributed by atoms with E-state index in [0.29, 0.717) is 10.8 Å². The van der Waals surface area contributed by atoms with Crippen molar-refractivity contribution in [1.82, 2.24) is 9.97 Å². The van der Waals surface area contributed by atoms with Gasteiger partial charge in [-0.3, -0.25) is 0 Å². The van der Waals surface area contributed by atoms with Crippen LogP contribution in [0.2, 0.25) is 5.15 Å². The molecule has 0 radical (unpaired) electrons. The Morgan fingerprint density at radius 3 is 2.86 bits per heavy atom. The van der Waals surface area contributed by atoms with Crippen LogP contribution in [0.3, 0.4) is 0 Å². The van der Waals surface area contributed by atoms with Gasteiger partial charge in [-0.05, 0) is 30.7 Å². The number of carboxylic acid groups (broad SMARTS) is 1. The van der Waals surface area contributed by atoms with Gasteiger partial charge in [-0.2, -0.15) is 0 Å². The molecular weight excluding hydrogens is 302 g/mol. The van der Waals surface area contributed by atoms with Crippen molar-refractivity contribution in [3.05, 3.63) is 58.9 Å². The Kier molecular flexibility index (Phi) is 3.65. The van der Waals surface area contributed by atoms with E-state index in [9.17, 15) is 9.90 Å². The highest BCUT2D eigenvalue weighted by molar-refractivity contribution is 6.30. The second kappa shape index (κ2) is 5.61. The number of hydrogen-bond acceptors (Lipinski definition) is 4. The van der Waals surface area contributed by atoms with Crippen molar-refractivity contribution in [2.75, 3.05) is 5.32 Å². The molecule has 1 aromatic carbocycles. The van der Waals surface area contributed by atoms with Crippen molar-refractivity contribution in [2.24, 2.45) is 0 Å². The Bertz CT molecular complexity index is 880. The van der Waals surface area contributed by atoms with E-state index in [0.717, 1.165) is 16.5 Å². The maximum atomic E-state index is 11.3. The molecule has 3 rings (SSSR count). The fraction of sp³-hybridized carbons (Fsp3) is 0.0625. The Hall–Kier alpha value is -2.66. The Labute approximate surface area is 131 Å². The van der Waals surface area contributed by atoms with Crippen molar-refractivity contribution in [3.63, 3.8) is 0 Å². The maximum absolute atomic E-state index is 11.3. The number of para-hydroxylation sites is 1. The Morgan fingerprint density at radius 2 is 2.09 bits per heavy atom. The van der Waals surface area contributed by atoms with Gasteiger partial charge in [0.2, 0.25) is 0 Å². The van der Waals surface area contributed by atoms with Crippen molar-refractivity contribution in [1.29, 1.82) is 0 Å². The first-order valence-electron chi connectivity index (χ1n) is 6.57. The van der Waals surface area contributed by atoms with E-state index in [2.05, 4.69) is 15.3 Å². The van der Waals surface area contributed by atoms with Gasteiger partial charge in [-0.25, -0.2) is 14.8 Å². The zero-order valence-electron chi connectivity index (χ0n) is 11.7. The van der Waals surface area contributed by atoms with E-state index in [1.807, 2.05) is 25.1 Å². The van der Waals surface area contributed by atoms with Gasteiger partial charge in [0.15, 0.2) is 0 Å². The number of aromatic carboxylic acids is 1. The third-order valence-corrected chi connectivity index (χ3v) is 3.49. The highest BCUT2D eigenvalue weighted by Crippen LogP contribution is 2.30. The number of nitrogens with one attached hydrogen (secondary N) is 1. The van der Waals surface area contributed by atoms with Crippen LogP contribution in [0.4, 0.5) is 11.5 Å². The van der Waals surface area contributed by atoms with Crippen LogP contribution in [0, 0.1) is 6.92 Å². The van der Waals surface area contributed by atoms with Gasteiger partial charge in [0.25, 0.3) is 0 Å². The number of benzene rings is 1. The second-order valence-corrected chi connectivity index (χ2v) is 5.18. The average molecular weight is 314 g/mol. The normalized spacial score (nSPS) is 10.6. The molecule has 0 spiro atoms. The molecule has 2 N–H and O–H groups in total. The molecule has 0 aliphatic heterocycles. The minimum Gasteiger partial charge on any atom is -0.478 e. The number of anilines is 2. The molecule has 22 heavy (non-hydrogen) atoms. The molecule has 110 valence electrons. The van der Waals surface area contributed by atoms with Crippen LogP contribution in [-0.4, -0.2) is 21.0 Å². The third kappa shape index (κ3) is 2.58. The standard InChI is InChI=1S/C16H12ClN3O2/c1-9-4-2-5-10-12(8-13(17)20-14(9)10)19-15-11(16(21)22)6-3-7-18-15/h2-8H,1H3,(H,21,22)(H,18,19,20). The summed E-state index contributed by atoms with van der Waals surface area (Å²) in [7, 11) is 0. The van der Waals surface area contributed by atoms with Gasteiger partial charge >= 0.3 is 5.97 Å². The first-order valence-corrected chi connectivity index (χ1v) is 6.95. The maximum Gasteiger partial charge on any atom is 0.339 e. The van der Waals surface area contributed by atoms with E-state index < -0.39 is 5.97 Å². The Morgan fingerprint density at radius 1 is 1.27 bits per heavy atom. The van der Waals surface area contributed by atoms with Gasteiger partial charge in [-0.1, -0.05) is 29.8 Å². The monoisotopic (exact) mass is 313 g/mol. The molecule has 0 aliphatic carbocycles. The summed E-state index contributed by atoms with van der Waals surface area (Å²) in [5.41, 5.74) is 2.52. The summed E-state index contributed by atoms with van der Waals surface area (Å²) in [6.45, 7) is 1.94. The average Bonchev–Trinajstić information content (AvgIpc) is 2.49. The smallest absolute Gasteiger partial charge is 0.339 e. The van der Waals surface area contributed by atoms with Crippen LogP contribution >= 0.6 is 11.6 Å². The second-order valence-electron chi connectivity index (χ2n) is 4.79. The number of hydrogen-bond donors (Lipinski definition) is 2. The van der Waals surface area contributed by atoms with Crippen LogP contribution in [0.15, 0.2) is 42.6 Å². The summed E-state index contributed by atoms with van der Waals surface area (Å²) in [6, 6.07) is 10.5. The molecule has 0 atom stereocenters. The first-order chi connectivity index (χ1) is 10.6. The lowest BCUT2D eigenvalue weighted by molar-refractivity contribution is 0.0697. The van der Waals surface area contributed by atoms with Crippen LogP contribution in [0.25, 0.3) is 10.9 Å². The van der Waals surface area contributed by atoms with E-state index in [1.165, 1.54) is 12.3 Å². The predicted octanol–water partition coefficient (Wildman–Crippen LogP) is 4.03. The first kappa shape index (κ1) is 14.3. The van der Waals surface area contributed by atoms with Crippen LogP contribution in [0.1, 0.15) is 15.9 Å². The highest BCUT2D eigenvalue weighted by atomic mass is 35.5. The van der Waals surface area contributed by atoms with Gasteiger partial charge in [0, 0.05) is 11.6 Å². The predicted molar refractivity (Wildman–Crippen MR) is 86.0 cm³/mol. The summed E-state index contributed by atoms with van der Waals surface area (Å²) >= 11 is 6.08. The molecule has 0 amide bonds. The zero-order valence-corrected chi connectivity index (χ0v) is 12.4. The molecule has 0 unspecified atom stereocenters. The summed E-state index contributed by atoms with van der Waals surface area (Å²) in [4.78, 5) is 19.7. The number of aryl methyl sites for hydroxylation is 1. The van der Waals surface area contributed by atoms with Crippen LogP contribution in [0.5, 0.6) is 0 Å². The topological polar surface area (TPSA) is 75.1 Å². The molecular formula is C16H12ClN3O2. The van der Waals surface area contributed by atoms with Crippen LogP contribution < -0.4 is 5.32 Å². The summed E-state index contributed by atoms with van der Waals surface area (Å²) in [6.07, 6.45) is 1.53. The summed E-state index contributed by atoms with van der Waals surface area (Å²) < 4.78 is 0. The highest BCUT2D eigenvalue weighted by Gasteiger charge is 2.13. The summed E-state index contributed by atoms with van der Waals surface area (Å²) in [5.74, 6) is -0.781. The van der Waals surface area contributed by atoms with Crippen LogP contribution in [-0.2, 0) is 0 Å². The lowest BCUT2D eigenvalue weighted by Gasteiger charge is -2.12. The van der Waals surface area contributed by atoms with E-state index in [1.54, 1.807) is 12.1 Å². The minimum absolute atomic E-state index is 0.0937. The molecule has 3 aromatic rings. The molecule has 0 aliphatic rings. The van der Waals surface area contributed by atoms with E-state index >= 15 is 0 Å². The quantitative estimate of drug-likeness (QED) is 0.714. The van der Waals surface area contributed by atoms with E-state index in [-0.39, 0.29) is 11.4 Å². The SMILES string of the molecule is Cc1cccc2c(Nc3ncccc3C(=O)O)cc(Cl)nc12.